The van der Waals surface area contributed by atoms with Gasteiger partial charge in [-0.15, -0.1) is 0 Å². The normalized spacial score (nSPS) is 14.4. The number of phosphoric ester groups is 1. The zero-order chi connectivity index (χ0) is 43.5. The van der Waals surface area contributed by atoms with E-state index < -0.39 is 51.1 Å². The van der Waals surface area contributed by atoms with Crippen LogP contribution in [-0.4, -0.2) is 59.9 Å². The third-order valence-electron chi connectivity index (χ3n) is 9.23. The molecule has 3 atom stereocenters. The Labute approximate surface area is 357 Å². The molecule has 3 unspecified atom stereocenters. The number of carboxylic acid groups (broad SMARTS) is 1. The average molecular weight is 850 g/mol. The van der Waals surface area contributed by atoms with Crippen LogP contribution in [0.15, 0.2) is 72.9 Å². The molecule has 0 rings (SSSR count). The standard InChI is InChI=1S/C47H80NO10P/c1-3-5-7-9-11-13-15-17-19-21-22-23-25-27-29-31-33-35-37-39-46(50)58-43(41-56-59(53,54)57-42-44(48)47(51)52)40-55-45(49)38-36-34-32-30-28-26-24-20-18-16-14-12-10-8-6-4-2/h5,7,11,13,17,19,22-23,27,29,33,35,43-44H,3-4,6,8-10,12,14-16,18,20-21,24-26,28,30-32,34,36-42,48H2,1-2H3,(H,51,52)(H,53,54)/b7-5-,13-11-,19-17-,23-22-,29-27-,35-33-. The number of ether oxygens (including phenoxy) is 2. The lowest BCUT2D eigenvalue weighted by Crippen LogP contribution is -2.34. The van der Waals surface area contributed by atoms with E-state index in [2.05, 4.69) is 73.1 Å². The summed E-state index contributed by atoms with van der Waals surface area (Å²) in [7, 11) is -4.74. The number of nitrogens with two attached hydrogens (primary N) is 1. The summed E-state index contributed by atoms with van der Waals surface area (Å²) in [5.74, 6) is -2.49. The Morgan fingerprint density at radius 2 is 0.949 bits per heavy atom. The summed E-state index contributed by atoms with van der Waals surface area (Å²) in [5, 5.41) is 8.89. The van der Waals surface area contributed by atoms with Crippen molar-refractivity contribution in [2.75, 3.05) is 19.8 Å². The van der Waals surface area contributed by atoms with Gasteiger partial charge in [0.15, 0.2) is 6.10 Å². The molecular weight excluding hydrogens is 769 g/mol. The summed E-state index contributed by atoms with van der Waals surface area (Å²) in [6.07, 6.45) is 49.8. The van der Waals surface area contributed by atoms with Gasteiger partial charge < -0.3 is 25.2 Å². The van der Waals surface area contributed by atoms with Gasteiger partial charge in [-0.25, -0.2) is 4.57 Å². The summed E-state index contributed by atoms with van der Waals surface area (Å²) in [5.41, 5.74) is 5.33. The molecule has 4 N–H and O–H groups in total. The number of carbonyl (C=O) groups is 3. The average Bonchev–Trinajstić information content (AvgIpc) is 3.21. The smallest absolute Gasteiger partial charge is 0.472 e. The van der Waals surface area contributed by atoms with Gasteiger partial charge in [0.1, 0.15) is 12.6 Å². The molecule has 338 valence electrons. The number of carboxylic acids is 1. The van der Waals surface area contributed by atoms with Crippen LogP contribution in [0.4, 0.5) is 0 Å². The van der Waals surface area contributed by atoms with E-state index in [-0.39, 0.29) is 19.4 Å². The van der Waals surface area contributed by atoms with Crippen LogP contribution in [0, 0.1) is 0 Å². The van der Waals surface area contributed by atoms with E-state index >= 15 is 0 Å². The molecule has 0 fully saturated rings. The number of hydrogen-bond donors (Lipinski definition) is 3. The summed E-state index contributed by atoms with van der Waals surface area (Å²) >= 11 is 0. The van der Waals surface area contributed by atoms with Crippen LogP contribution in [0.3, 0.4) is 0 Å². The van der Waals surface area contributed by atoms with Crippen LogP contribution in [0.2, 0.25) is 0 Å². The molecule has 11 nitrogen and oxygen atoms in total. The van der Waals surface area contributed by atoms with Crippen LogP contribution >= 0.6 is 7.82 Å². The van der Waals surface area contributed by atoms with Crippen molar-refractivity contribution in [2.45, 2.75) is 187 Å². The molecule has 0 aliphatic rings. The van der Waals surface area contributed by atoms with E-state index in [1.165, 1.54) is 77.0 Å². The summed E-state index contributed by atoms with van der Waals surface area (Å²) < 4.78 is 32.6. The van der Waals surface area contributed by atoms with Gasteiger partial charge in [-0.3, -0.25) is 23.4 Å². The maximum Gasteiger partial charge on any atom is 0.472 e. The number of carbonyl (C=O) groups excluding carboxylic acids is 2. The molecule has 0 amide bonds. The van der Waals surface area contributed by atoms with Crippen molar-refractivity contribution in [3.8, 4) is 0 Å². The fourth-order valence-electron chi connectivity index (χ4n) is 5.74. The quantitative estimate of drug-likeness (QED) is 0.0231. The summed E-state index contributed by atoms with van der Waals surface area (Å²) in [6, 6.07) is -1.53. The molecule has 0 aliphatic heterocycles. The van der Waals surface area contributed by atoms with Crippen LogP contribution in [-0.2, 0) is 37.5 Å². The van der Waals surface area contributed by atoms with Gasteiger partial charge in [0, 0.05) is 12.8 Å². The van der Waals surface area contributed by atoms with E-state index in [4.69, 9.17) is 24.8 Å². The lowest BCUT2D eigenvalue weighted by Gasteiger charge is -2.20. The van der Waals surface area contributed by atoms with Gasteiger partial charge in [0.2, 0.25) is 0 Å². The molecule has 0 aromatic rings. The molecule has 0 heterocycles. The highest BCUT2D eigenvalue weighted by Gasteiger charge is 2.28. The molecule has 59 heavy (non-hydrogen) atoms. The highest BCUT2D eigenvalue weighted by molar-refractivity contribution is 7.47. The first-order valence-corrected chi connectivity index (χ1v) is 24.0. The van der Waals surface area contributed by atoms with Crippen molar-refractivity contribution in [1.82, 2.24) is 0 Å². The molecule has 0 aromatic heterocycles. The molecule has 0 saturated heterocycles. The minimum absolute atomic E-state index is 0.0343. The maximum absolute atomic E-state index is 12.6. The number of hydrogen-bond acceptors (Lipinski definition) is 9. The minimum atomic E-state index is -4.74. The second-order valence-electron chi connectivity index (χ2n) is 14.8. The number of aliphatic carboxylic acids is 1. The second kappa shape index (κ2) is 41.6. The van der Waals surface area contributed by atoms with E-state index in [1.54, 1.807) is 0 Å². The Morgan fingerprint density at radius 3 is 1.39 bits per heavy atom. The van der Waals surface area contributed by atoms with Crippen molar-refractivity contribution in [1.29, 1.82) is 0 Å². The largest absolute Gasteiger partial charge is 0.480 e. The second-order valence-corrected chi connectivity index (χ2v) is 16.3. The van der Waals surface area contributed by atoms with Gasteiger partial charge in [0.05, 0.1) is 13.2 Å². The van der Waals surface area contributed by atoms with E-state index in [9.17, 15) is 23.8 Å². The van der Waals surface area contributed by atoms with E-state index in [1.807, 2.05) is 18.2 Å². The van der Waals surface area contributed by atoms with Crippen LogP contribution in [0.1, 0.15) is 174 Å². The Bertz CT molecular complexity index is 1280. The third kappa shape index (κ3) is 41.4. The number of allylic oxidation sites excluding steroid dienone is 12. The molecule has 0 saturated carbocycles. The van der Waals surface area contributed by atoms with Crippen molar-refractivity contribution < 1.29 is 47.5 Å². The van der Waals surface area contributed by atoms with E-state index in [0.717, 1.165) is 51.4 Å². The van der Waals surface area contributed by atoms with E-state index in [0.29, 0.717) is 19.3 Å². The lowest BCUT2D eigenvalue weighted by molar-refractivity contribution is -0.161. The number of phosphoric acid groups is 1. The van der Waals surface area contributed by atoms with Crippen molar-refractivity contribution >= 4 is 25.7 Å². The van der Waals surface area contributed by atoms with Crippen molar-refractivity contribution in [2.24, 2.45) is 5.73 Å². The van der Waals surface area contributed by atoms with Gasteiger partial charge in [-0.05, 0) is 51.4 Å². The predicted octanol–water partition coefficient (Wildman–Crippen LogP) is 12.1. The molecule has 0 radical (unpaired) electrons. The fraction of sp³-hybridized carbons (Fsp3) is 0.681. The first-order chi connectivity index (χ1) is 28.6. The van der Waals surface area contributed by atoms with Gasteiger partial charge in [-0.2, -0.15) is 0 Å². The molecular formula is C47H80NO10P. The Morgan fingerprint density at radius 1 is 0.542 bits per heavy atom. The first kappa shape index (κ1) is 55.9. The predicted molar refractivity (Wildman–Crippen MR) is 240 cm³/mol. The van der Waals surface area contributed by atoms with Crippen LogP contribution < -0.4 is 5.73 Å². The van der Waals surface area contributed by atoms with Crippen LogP contribution in [0.25, 0.3) is 0 Å². The van der Waals surface area contributed by atoms with Gasteiger partial charge in [0.25, 0.3) is 0 Å². The Kier molecular flexibility index (Phi) is 39.5. The zero-order valence-corrected chi connectivity index (χ0v) is 37.5. The topological polar surface area (TPSA) is 172 Å². The number of esters is 2. The molecule has 0 aliphatic carbocycles. The van der Waals surface area contributed by atoms with Crippen molar-refractivity contribution in [3.05, 3.63) is 72.9 Å². The third-order valence-corrected chi connectivity index (χ3v) is 10.2. The monoisotopic (exact) mass is 850 g/mol. The SMILES string of the molecule is CC/C=C\C/C=C\C/C=C\C/C=C\C/C=C\C/C=C\CCC(=O)OC(COC(=O)CCCCCCCCCCCCCCCCCC)COP(=O)(O)OCC(N)C(=O)O. The first-order valence-electron chi connectivity index (χ1n) is 22.5. The Balaban J connectivity index is 4.47. The van der Waals surface area contributed by atoms with Crippen LogP contribution in [0.5, 0.6) is 0 Å². The minimum Gasteiger partial charge on any atom is -0.480 e. The maximum atomic E-state index is 12.6. The van der Waals surface area contributed by atoms with Gasteiger partial charge in [-0.1, -0.05) is 183 Å². The molecule has 0 spiro atoms. The van der Waals surface area contributed by atoms with Crippen molar-refractivity contribution in [3.63, 3.8) is 0 Å². The highest BCUT2D eigenvalue weighted by Crippen LogP contribution is 2.43. The molecule has 0 bridgehead atoms. The summed E-state index contributed by atoms with van der Waals surface area (Å²) in [4.78, 5) is 46.0. The number of rotatable bonds is 41. The zero-order valence-electron chi connectivity index (χ0n) is 36.6. The Hall–Kier alpha value is -3.08. The number of unbranched alkanes of at least 4 members (excludes halogenated alkanes) is 15. The fourth-order valence-corrected chi connectivity index (χ4v) is 6.52. The van der Waals surface area contributed by atoms with Gasteiger partial charge >= 0.3 is 25.7 Å². The highest BCUT2D eigenvalue weighted by atomic mass is 31.2. The molecule has 0 aromatic carbocycles. The summed E-state index contributed by atoms with van der Waals surface area (Å²) in [6.45, 7) is 2.62. The lowest BCUT2D eigenvalue weighted by atomic mass is 10.0. The molecule has 12 heteroatoms.